The lowest BCUT2D eigenvalue weighted by Gasteiger charge is -2.17. The molecular weight excluding hydrogens is 334 g/mol. The molecule has 0 fully saturated rings. The molecule has 2 unspecified atom stereocenters. The van der Waals surface area contributed by atoms with E-state index in [1.807, 2.05) is 0 Å². The number of halogens is 5. The number of ether oxygens (including phenoxy) is 1. The summed E-state index contributed by atoms with van der Waals surface area (Å²) < 4.78 is 41.3. The first-order valence-corrected chi connectivity index (χ1v) is 6.67. The van der Waals surface area contributed by atoms with E-state index in [9.17, 15) is 18.3 Å². The Bertz CT molecular complexity index is 460. The molecule has 0 radical (unpaired) electrons. The third-order valence-corrected chi connectivity index (χ3v) is 2.97. The molecule has 9 heteroatoms. The van der Waals surface area contributed by atoms with Crippen molar-refractivity contribution in [3.63, 3.8) is 0 Å². The van der Waals surface area contributed by atoms with E-state index in [0.29, 0.717) is 10.0 Å². The maximum Gasteiger partial charge on any atom is 0.415 e. The Hall–Kier alpha value is -0.730. The smallest absolute Gasteiger partial charge is 0.415 e. The normalized spacial score (nSPS) is 14.8. The largest absolute Gasteiger partial charge is 0.489 e. The lowest BCUT2D eigenvalue weighted by Crippen LogP contribution is -2.41. The molecule has 0 heterocycles. The van der Waals surface area contributed by atoms with Crippen LogP contribution in [0.3, 0.4) is 0 Å². The predicted molar refractivity (Wildman–Crippen MR) is 72.9 cm³/mol. The highest BCUT2D eigenvalue weighted by atomic mass is 35.5. The van der Waals surface area contributed by atoms with Gasteiger partial charge in [0.15, 0.2) is 6.10 Å². The Labute approximate surface area is 129 Å². The summed E-state index contributed by atoms with van der Waals surface area (Å²) in [5.74, 6) is 0.263. The van der Waals surface area contributed by atoms with Gasteiger partial charge in [0.05, 0.1) is 5.02 Å². The van der Waals surface area contributed by atoms with Gasteiger partial charge in [-0.15, -0.1) is 0 Å². The van der Waals surface area contributed by atoms with E-state index in [1.54, 1.807) is 6.07 Å². The van der Waals surface area contributed by atoms with Crippen molar-refractivity contribution in [3.05, 3.63) is 28.2 Å². The monoisotopic (exact) mass is 347 g/mol. The van der Waals surface area contributed by atoms with Gasteiger partial charge < -0.3 is 20.3 Å². The third-order valence-electron chi connectivity index (χ3n) is 2.42. The fourth-order valence-electron chi connectivity index (χ4n) is 1.34. The maximum absolute atomic E-state index is 12.0. The first-order valence-electron chi connectivity index (χ1n) is 5.91. The molecule has 21 heavy (non-hydrogen) atoms. The zero-order valence-electron chi connectivity index (χ0n) is 10.7. The van der Waals surface area contributed by atoms with Crippen LogP contribution in [0, 0.1) is 0 Å². The number of benzene rings is 1. The van der Waals surface area contributed by atoms with Crippen LogP contribution in [0.5, 0.6) is 5.75 Å². The first-order chi connectivity index (χ1) is 9.70. The third kappa shape index (κ3) is 6.71. The molecule has 0 saturated heterocycles. The van der Waals surface area contributed by atoms with Gasteiger partial charge >= 0.3 is 6.18 Å². The van der Waals surface area contributed by atoms with Crippen LogP contribution in [0.1, 0.15) is 0 Å². The molecule has 0 aliphatic heterocycles. The van der Waals surface area contributed by atoms with Crippen molar-refractivity contribution in [2.24, 2.45) is 0 Å². The van der Waals surface area contributed by atoms with Crippen molar-refractivity contribution < 1.29 is 28.1 Å². The van der Waals surface area contributed by atoms with Crippen LogP contribution in [0.25, 0.3) is 0 Å². The highest BCUT2D eigenvalue weighted by molar-refractivity contribution is 6.34. The van der Waals surface area contributed by atoms with Gasteiger partial charge in [0.1, 0.15) is 18.5 Å². The second-order valence-corrected chi connectivity index (χ2v) is 5.10. The Morgan fingerprint density at radius 2 is 1.86 bits per heavy atom. The molecule has 1 aromatic rings. The van der Waals surface area contributed by atoms with Crippen LogP contribution >= 0.6 is 23.2 Å². The summed E-state index contributed by atoms with van der Waals surface area (Å²) in [6, 6.07) is 4.54. The first kappa shape index (κ1) is 18.3. The minimum Gasteiger partial charge on any atom is -0.489 e. The van der Waals surface area contributed by atoms with Crippen LogP contribution < -0.4 is 10.1 Å². The van der Waals surface area contributed by atoms with Crippen molar-refractivity contribution in [3.8, 4) is 5.75 Å². The Kier molecular flexibility index (Phi) is 7.02. The Balaban J connectivity index is 2.31. The number of aliphatic hydroxyl groups excluding tert-OH is 2. The molecule has 0 bridgehead atoms. The number of aliphatic hydroxyl groups is 2. The average Bonchev–Trinajstić information content (AvgIpc) is 2.38. The fourth-order valence-corrected chi connectivity index (χ4v) is 1.67. The van der Waals surface area contributed by atoms with Crippen LogP contribution in [0.4, 0.5) is 13.2 Å². The van der Waals surface area contributed by atoms with Gasteiger partial charge in [-0.3, -0.25) is 0 Å². The molecule has 1 aromatic carbocycles. The highest BCUT2D eigenvalue weighted by Gasteiger charge is 2.37. The molecule has 0 amide bonds. The number of hydrogen-bond acceptors (Lipinski definition) is 4. The molecule has 0 spiro atoms. The van der Waals surface area contributed by atoms with Crippen LogP contribution in [0.2, 0.25) is 10.0 Å². The Morgan fingerprint density at radius 3 is 2.48 bits per heavy atom. The number of nitrogens with one attached hydrogen (secondary N) is 1. The van der Waals surface area contributed by atoms with E-state index in [-0.39, 0.29) is 18.9 Å². The van der Waals surface area contributed by atoms with Gasteiger partial charge in [0.2, 0.25) is 0 Å². The van der Waals surface area contributed by atoms with Crippen molar-refractivity contribution in [2.45, 2.75) is 18.4 Å². The summed E-state index contributed by atoms with van der Waals surface area (Å²) in [5.41, 5.74) is 0. The van der Waals surface area contributed by atoms with Crippen molar-refractivity contribution >= 4 is 23.2 Å². The number of rotatable bonds is 7. The lowest BCUT2D eigenvalue weighted by atomic mass is 10.3. The summed E-state index contributed by atoms with van der Waals surface area (Å²) in [6.07, 6.45) is -8.24. The van der Waals surface area contributed by atoms with E-state index >= 15 is 0 Å². The van der Waals surface area contributed by atoms with Crippen LogP contribution in [-0.2, 0) is 0 Å². The van der Waals surface area contributed by atoms with Crippen molar-refractivity contribution in [1.29, 1.82) is 0 Å². The summed E-state index contributed by atoms with van der Waals surface area (Å²) in [6.45, 7) is -1.07. The summed E-state index contributed by atoms with van der Waals surface area (Å²) >= 11 is 11.6. The molecule has 0 aliphatic rings. The molecule has 2 atom stereocenters. The maximum atomic E-state index is 12.0. The molecule has 0 aliphatic carbocycles. The van der Waals surface area contributed by atoms with E-state index < -0.39 is 24.9 Å². The van der Waals surface area contributed by atoms with Gasteiger partial charge in [0, 0.05) is 24.2 Å². The summed E-state index contributed by atoms with van der Waals surface area (Å²) in [5, 5.41) is 21.3. The van der Waals surface area contributed by atoms with E-state index in [4.69, 9.17) is 33.0 Å². The predicted octanol–water partition coefficient (Wildman–Crippen LogP) is 2.25. The van der Waals surface area contributed by atoms with Gasteiger partial charge in [-0.1, -0.05) is 23.2 Å². The summed E-state index contributed by atoms with van der Waals surface area (Å²) in [4.78, 5) is 0. The molecule has 1 rings (SSSR count). The minimum absolute atomic E-state index is 0.175. The highest BCUT2D eigenvalue weighted by Crippen LogP contribution is 2.27. The van der Waals surface area contributed by atoms with Crippen LogP contribution in [0.15, 0.2) is 18.2 Å². The second-order valence-electron chi connectivity index (χ2n) is 4.26. The van der Waals surface area contributed by atoms with E-state index in [1.165, 1.54) is 12.1 Å². The molecular formula is C12H14Cl2F3NO3. The molecule has 0 saturated carbocycles. The Morgan fingerprint density at radius 1 is 1.19 bits per heavy atom. The van der Waals surface area contributed by atoms with Gasteiger partial charge in [-0.25, -0.2) is 0 Å². The van der Waals surface area contributed by atoms with E-state index in [2.05, 4.69) is 5.32 Å². The van der Waals surface area contributed by atoms with Gasteiger partial charge in [-0.05, 0) is 12.1 Å². The second kappa shape index (κ2) is 8.05. The standard InChI is InChI=1S/C12H14Cl2F3NO3/c13-7-1-2-9(14)10(3-7)21-6-8(19)4-18-5-11(20)12(15,16)17/h1-3,8,11,18-20H,4-6H2. The minimum atomic E-state index is -4.69. The van der Waals surface area contributed by atoms with Gasteiger partial charge in [0.25, 0.3) is 0 Å². The fraction of sp³-hybridized carbons (Fsp3) is 0.500. The zero-order chi connectivity index (χ0) is 16.0. The zero-order valence-corrected chi connectivity index (χ0v) is 12.2. The van der Waals surface area contributed by atoms with Crippen LogP contribution in [-0.4, -0.2) is 48.3 Å². The molecule has 4 nitrogen and oxygen atoms in total. The molecule has 0 aromatic heterocycles. The average molecular weight is 348 g/mol. The lowest BCUT2D eigenvalue weighted by molar-refractivity contribution is -0.202. The topological polar surface area (TPSA) is 61.7 Å². The summed E-state index contributed by atoms with van der Waals surface area (Å²) in [7, 11) is 0. The van der Waals surface area contributed by atoms with Gasteiger partial charge in [-0.2, -0.15) is 13.2 Å². The van der Waals surface area contributed by atoms with Crippen molar-refractivity contribution in [1.82, 2.24) is 5.32 Å². The molecule has 120 valence electrons. The SMILES string of the molecule is OC(CNCC(O)C(F)(F)F)COc1cc(Cl)ccc1Cl. The molecule has 3 N–H and O–H groups in total. The quantitative estimate of drug-likeness (QED) is 0.707. The van der Waals surface area contributed by atoms with E-state index in [0.717, 1.165) is 0 Å². The van der Waals surface area contributed by atoms with Crippen molar-refractivity contribution in [2.75, 3.05) is 19.7 Å². The number of alkyl halides is 3. The number of hydrogen-bond donors (Lipinski definition) is 3.